The zero-order chi connectivity index (χ0) is 13.3. The Bertz CT molecular complexity index is 604. The van der Waals surface area contributed by atoms with E-state index in [4.69, 9.17) is 0 Å². The number of rotatable bonds is 2. The van der Waals surface area contributed by atoms with Gasteiger partial charge in [-0.15, -0.1) is 0 Å². The lowest BCUT2D eigenvalue weighted by Gasteiger charge is -2.23. The summed E-state index contributed by atoms with van der Waals surface area (Å²) in [6.07, 6.45) is 0. The van der Waals surface area contributed by atoms with Crippen LogP contribution in [0.3, 0.4) is 0 Å². The first-order valence-electron chi connectivity index (χ1n) is 6.34. The van der Waals surface area contributed by atoms with Crippen molar-refractivity contribution in [3.63, 3.8) is 0 Å². The molecule has 1 atom stereocenters. The van der Waals surface area contributed by atoms with Crippen molar-refractivity contribution in [1.29, 1.82) is 0 Å². The SMILES string of the molecule is Cc1ccc(C2=NNC(C)(c3ccccc3)S2)cc1. The van der Waals surface area contributed by atoms with Crippen molar-refractivity contribution in [2.75, 3.05) is 0 Å². The Balaban J connectivity index is 1.85. The van der Waals surface area contributed by atoms with Gasteiger partial charge in [-0.2, -0.15) is 5.10 Å². The van der Waals surface area contributed by atoms with Gasteiger partial charge in [0.05, 0.1) is 0 Å². The predicted molar refractivity (Wildman–Crippen MR) is 82.2 cm³/mol. The fraction of sp³-hybridized carbons (Fsp3) is 0.188. The molecule has 2 aromatic carbocycles. The van der Waals surface area contributed by atoms with Crippen molar-refractivity contribution in [3.8, 4) is 0 Å². The highest BCUT2D eigenvalue weighted by molar-refractivity contribution is 8.15. The van der Waals surface area contributed by atoms with E-state index in [0.29, 0.717) is 0 Å². The third kappa shape index (κ3) is 2.38. The van der Waals surface area contributed by atoms with E-state index in [1.165, 1.54) is 16.7 Å². The third-order valence-electron chi connectivity index (χ3n) is 3.29. The van der Waals surface area contributed by atoms with Crippen LogP contribution in [0.1, 0.15) is 23.6 Å². The van der Waals surface area contributed by atoms with Crippen LogP contribution in [0.2, 0.25) is 0 Å². The van der Waals surface area contributed by atoms with E-state index < -0.39 is 0 Å². The fourth-order valence-corrected chi connectivity index (χ4v) is 3.17. The molecule has 2 nitrogen and oxygen atoms in total. The molecule has 1 heterocycles. The molecule has 0 saturated carbocycles. The first kappa shape index (κ1) is 12.3. The molecule has 0 aromatic heterocycles. The number of thioether (sulfide) groups is 1. The van der Waals surface area contributed by atoms with Crippen LogP contribution in [-0.4, -0.2) is 5.04 Å². The Hall–Kier alpha value is -1.74. The second-order valence-electron chi connectivity index (χ2n) is 4.90. The van der Waals surface area contributed by atoms with Crippen molar-refractivity contribution in [1.82, 2.24) is 5.43 Å². The molecule has 0 bridgehead atoms. The monoisotopic (exact) mass is 268 g/mol. The second-order valence-corrected chi connectivity index (χ2v) is 6.30. The predicted octanol–water partition coefficient (Wildman–Crippen LogP) is 3.87. The van der Waals surface area contributed by atoms with Gasteiger partial charge in [0, 0.05) is 5.56 Å². The topological polar surface area (TPSA) is 24.4 Å². The van der Waals surface area contributed by atoms with Gasteiger partial charge in [0.15, 0.2) is 0 Å². The molecule has 0 fully saturated rings. The first-order valence-corrected chi connectivity index (χ1v) is 7.15. The van der Waals surface area contributed by atoms with Crippen molar-refractivity contribution in [2.24, 2.45) is 5.10 Å². The van der Waals surface area contributed by atoms with Crippen molar-refractivity contribution >= 4 is 16.8 Å². The van der Waals surface area contributed by atoms with Crippen molar-refractivity contribution in [3.05, 3.63) is 71.3 Å². The summed E-state index contributed by atoms with van der Waals surface area (Å²) in [5.41, 5.74) is 6.94. The number of hydrogen-bond acceptors (Lipinski definition) is 3. The number of hydrogen-bond donors (Lipinski definition) is 1. The largest absolute Gasteiger partial charge is 0.288 e. The minimum absolute atomic E-state index is 0.179. The average molecular weight is 268 g/mol. The van der Waals surface area contributed by atoms with Gasteiger partial charge >= 0.3 is 0 Å². The average Bonchev–Trinajstić information content (AvgIpc) is 2.85. The van der Waals surface area contributed by atoms with Crippen LogP contribution in [0.15, 0.2) is 59.7 Å². The summed E-state index contributed by atoms with van der Waals surface area (Å²) >= 11 is 1.76. The molecule has 0 spiro atoms. The Morgan fingerprint density at radius 3 is 2.37 bits per heavy atom. The van der Waals surface area contributed by atoms with E-state index in [1.807, 2.05) is 6.07 Å². The molecule has 1 unspecified atom stereocenters. The maximum atomic E-state index is 4.49. The van der Waals surface area contributed by atoms with E-state index in [9.17, 15) is 0 Å². The second kappa shape index (κ2) is 4.74. The van der Waals surface area contributed by atoms with Crippen LogP contribution in [0.5, 0.6) is 0 Å². The van der Waals surface area contributed by atoms with Gasteiger partial charge in [0.25, 0.3) is 0 Å². The Labute approximate surface area is 117 Å². The number of benzene rings is 2. The van der Waals surface area contributed by atoms with Gasteiger partial charge in [-0.05, 0) is 19.4 Å². The number of nitrogens with zero attached hydrogens (tertiary/aromatic N) is 1. The smallest absolute Gasteiger partial charge is 0.128 e. The Kier molecular flexibility index (Phi) is 3.07. The number of aryl methyl sites for hydroxylation is 1. The normalized spacial score (nSPS) is 21.9. The lowest BCUT2D eigenvalue weighted by molar-refractivity contribution is 0.563. The third-order valence-corrected chi connectivity index (χ3v) is 4.55. The molecule has 3 rings (SSSR count). The molecule has 2 aromatic rings. The van der Waals surface area contributed by atoms with Gasteiger partial charge < -0.3 is 0 Å². The molecule has 19 heavy (non-hydrogen) atoms. The van der Waals surface area contributed by atoms with Crippen LogP contribution in [-0.2, 0) is 4.87 Å². The van der Waals surface area contributed by atoms with Crippen LogP contribution < -0.4 is 5.43 Å². The van der Waals surface area contributed by atoms with Gasteiger partial charge in [-0.25, -0.2) is 0 Å². The minimum atomic E-state index is -0.179. The van der Waals surface area contributed by atoms with E-state index in [1.54, 1.807) is 11.8 Å². The lowest BCUT2D eigenvalue weighted by Crippen LogP contribution is -2.28. The Morgan fingerprint density at radius 1 is 1.00 bits per heavy atom. The highest BCUT2D eigenvalue weighted by Gasteiger charge is 2.34. The lowest BCUT2D eigenvalue weighted by atomic mass is 10.1. The van der Waals surface area contributed by atoms with Crippen LogP contribution in [0, 0.1) is 6.92 Å². The van der Waals surface area contributed by atoms with Crippen molar-refractivity contribution in [2.45, 2.75) is 18.7 Å². The maximum Gasteiger partial charge on any atom is 0.128 e. The number of nitrogens with one attached hydrogen (secondary N) is 1. The van der Waals surface area contributed by atoms with E-state index >= 15 is 0 Å². The highest BCUT2D eigenvalue weighted by atomic mass is 32.2. The Morgan fingerprint density at radius 2 is 1.68 bits per heavy atom. The number of hydrazone groups is 1. The van der Waals surface area contributed by atoms with E-state index in [-0.39, 0.29) is 4.87 Å². The summed E-state index contributed by atoms with van der Waals surface area (Å²) < 4.78 is 0. The highest BCUT2D eigenvalue weighted by Crippen LogP contribution is 2.39. The summed E-state index contributed by atoms with van der Waals surface area (Å²) in [5.74, 6) is 0. The van der Waals surface area contributed by atoms with Crippen LogP contribution >= 0.6 is 11.8 Å². The van der Waals surface area contributed by atoms with Gasteiger partial charge in [-0.3, -0.25) is 5.43 Å². The molecule has 0 saturated heterocycles. The summed E-state index contributed by atoms with van der Waals surface area (Å²) in [6.45, 7) is 4.26. The zero-order valence-corrected chi connectivity index (χ0v) is 11.9. The molecule has 0 amide bonds. The fourth-order valence-electron chi connectivity index (χ4n) is 2.10. The summed E-state index contributed by atoms with van der Waals surface area (Å²) in [7, 11) is 0. The minimum Gasteiger partial charge on any atom is -0.288 e. The molecule has 96 valence electrons. The molecule has 3 heteroatoms. The van der Waals surface area contributed by atoms with Gasteiger partial charge in [0.2, 0.25) is 0 Å². The summed E-state index contributed by atoms with van der Waals surface area (Å²) in [5, 5.41) is 5.54. The van der Waals surface area contributed by atoms with Crippen molar-refractivity contribution < 1.29 is 0 Å². The van der Waals surface area contributed by atoms with Gasteiger partial charge in [-0.1, -0.05) is 71.9 Å². The molecular weight excluding hydrogens is 252 g/mol. The summed E-state index contributed by atoms with van der Waals surface area (Å²) in [6, 6.07) is 18.9. The molecule has 0 radical (unpaired) electrons. The molecule has 1 N–H and O–H groups in total. The first-order chi connectivity index (χ1) is 9.17. The van der Waals surface area contributed by atoms with Crippen LogP contribution in [0.25, 0.3) is 0 Å². The van der Waals surface area contributed by atoms with E-state index in [2.05, 4.69) is 72.9 Å². The van der Waals surface area contributed by atoms with Crippen LogP contribution in [0.4, 0.5) is 0 Å². The zero-order valence-electron chi connectivity index (χ0n) is 11.1. The summed E-state index contributed by atoms with van der Waals surface area (Å²) in [4.78, 5) is -0.179. The standard InChI is InChI=1S/C16H16N2S/c1-12-8-10-13(11-9-12)15-17-18-16(2,19-15)14-6-4-3-5-7-14/h3-11,18H,1-2H3. The molecule has 1 aliphatic heterocycles. The van der Waals surface area contributed by atoms with E-state index in [0.717, 1.165) is 5.04 Å². The molecule has 0 aliphatic carbocycles. The quantitative estimate of drug-likeness (QED) is 0.894. The maximum absolute atomic E-state index is 4.49. The van der Waals surface area contributed by atoms with Gasteiger partial charge in [0.1, 0.15) is 9.91 Å². The molecular formula is C16H16N2S. The molecule has 1 aliphatic rings.